The highest BCUT2D eigenvalue weighted by molar-refractivity contribution is 6.30. The van der Waals surface area contributed by atoms with Gasteiger partial charge in [-0.1, -0.05) is 54.1 Å². The molecule has 2 aromatic rings. The van der Waals surface area contributed by atoms with E-state index in [1.165, 1.54) is 0 Å². The van der Waals surface area contributed by atoms with Crippen LogP contribution in [0.4, 0.5) is 0 Å². The Hall–Kier alpha value is -1.84. The molecule has 2 atom stereocenters. The molecule has 0 aliphatic carbocycles. The second-order valence-corrected chi connectivity index (χ2v) is 6.09. The molecule has 0 bridgehead atoms. The molecular formula is C18H20ClNO2. The van der Waals surface area contributed by atoms with Crippen molar-refractivity contribution in [2.45, 2.75) is 31.9 Å². The minimum Gasteiger partial charge on any atom is -0.385 e. The molecule has 1 amide bonds. The number of halogens is 1. The topological polar surface area (TPSA) is 49.3 Å². The largest absolute Gasteiger partial charge is 0.385 e. The third-order valence-electron chi connectivity index (χ3n) is 3.65. The van der Waals surface area contributed by atoms with E-state index in [1.807, 2.05) is 49.4 Å². The normalized spacial score (nSPS) is 14.9. The lowest BCUT2D eigenvalue weighted by atomic mass is 9.92. The van der Waals surface area contributed by atoms with Crippen LogP contribution >= 0.6 is 11.6 Å². The van der Waals surface area contributed by atoms with Gasteiger partial charge in [-0.2, -0.15) is 0 Å². The standard InChI is InChI=1S/C18H20ClNO2/c1-13(14-8-10-16(19)11-9-14)20-17(21)12-18(2,22)15-6-4-3-5-7-15/h3-11,13,22H,12H2,1-2H3,(H,20,21). The van der Waals surface area contributed by atoms with Crippen LogP contribution in [0.5, 0.6) is 0 Å². The summed E-state index contributed by atoms with van der Waals surface area (Å²) in [6.07, 6.45) is 0.00887. The number of carbonyl (C=O) groups is 1. The van der Waals surface area contributed by atoms with Crippen molar-refractivity contribution in [3.63, 3.8) is 0 Å². The molecule has 2 N–H and O–H groups in total. The van der Waals surface area contributed by atoms with Crippen LogP contribution in [0.3, 0.4) is 0 Å². The first kappa shape index (κ1) is 16.5. The van der Waals surface area contributed by atoms with Gasteiger partial charge in [0.25, 0.3) is 0 Å². The Morgan fingerprint density at radius 2 is 1.77 bits per heavy atom. The van der Waals surface area contributed by atoms with E-state index in [4.69, 9.17) is 11.6 Å². The van der Waals surface area contributed by atoms with Gasteiger partial charge in [0, 0.05) is 5.02 Å². The highest BCUT2D eigenvalue weighted by Crippen LogP contribution is 2.24. The highest BCUT2D eigenvalue weighted by Gasteiger charge is 2.27. The van der Waals surface area contributed by atoms with Crippen molar-refractivity contribution >= 4 is 17.5 Å². The first-order valence-electron chi connectivity index (χ1n) is 7.21. The van der Waals surface area contributed by atoms with Crippen molar-refractivity contribution in [1.82, 2.24) is 5.32 Å². The van der Waals surface area contributed by atoms with Crippen molar-refractivity contribution in [3.05, 3.63) is 70.7 Å². The number of hydrogen-bond acceptors (Lipinski definition) is 2. The molecule has 22 heavy (non-hydrogen) atoms. The first-order valence-corrected chi connectivity index (χ1v) is 7.59. The zero-order valence-electron chi connectivity index (χ0n) is 12.7. The molecule has 0 aliphatic heterocycles. The predicted molar refractivity (Wildman–Crippen MR) is 88.6 cm³/mol. The Bertz CT molecular complexity index is 623. The minimum atomic E-state index is -1.19. The van der Waals surface area contributed by atoms with Gasteiger partial charge in [-0.05, 0) is 37.1 Å². The molecule has 4 heteroatoms. The first-order chi connectivity index (χ1) is 10.4. The Morgan fingerprint density at radius 1 is 1.18 bits per heavy atom. The zero-order chi connectivity index (χ0) is 16.2. The number of benzene rings is 2. The van der Waals surface area contributed by atoms with Crippen molar-refractivity contribution in [2.24, 2.45) is 0 Å². The van der Waals surface area contributed by atoms with Gasteiger partial charge in [0.2, 0.25) is 5.91 Å². The van der Waals surface area contributed by atoms with Gasteiger partial charge in [-0.25, -0.2) is 0 Å². The molecule has 3 nitrogen and oxygen atoms in total. The summed E-state index contributed by atoms with van der Waals surface area (Å²) in [6, 6.07) is 16.4. The monoisotopic (exact) mass is 317 g/mol. The van der Waals surface area contributed by atoms with Crippen molar-refractivity contribution in [1.29, 1.82) is 0 Å². The maximum Gasteiger partial charge on any atom is 0.223 e. The fraction of sp³-hybridized carbons (Fsp3) is 0.278. The average Bonchev–Trinajstić information content (AvgIpc) is 2.48. The van der Waals surface area contributed by atoms with E-state index < -0.39 is 5.60 Å². The van der Waals surface area contributed by atoms with Crippen molar-refractivity contribution in [2.75, 3.05) is 0 Å². The number of carbonyl (C=O) groups excluding carboxylic acids is 1. The SMILES string of the molecule is CC(NC(=O)CC(C)(O)c1ccccc1)c1ccc(Cl)cc1. The Balaban J connectivity index is 1.99. The second kappa shape index (κ2) is 6.95. The summed E-state index contributed by atoms with van der Waals surface area (Å²) in [6.45, 7) is 3.55. The molecule has 0 aromatic heterocycles. The van der Waals surface area contributed by atoms with Gasteiger partial charge in [0.05, 0.1) is 18.1 Å². The quantitative estimate of drug-likeness (QED) is 0.881. The molecule has 0 saturated carbocycles. The van der Waals surface area contributed by atoms with Gasteiger partial charge in [0.1, 0.15) is 0 Å². The van der Waals surface area contributed by atoms with Crippen LogP contribution in [0.1, 0.15) is 37.4 Å². The van der Waals surface area contributed by atoms with Crippen LogP contribution in [0.25, 0.3) is 0 Å². The van der Waals surface area contributed by atoms with Crippen LogP contribution in [-0.2, 0) is 10.4 Å². The summed E-state index contributed by atoms with van der Waals surface area (Å²) < 4.78 is 0. The number of nitrogens with one attached hydrogen (secondary N) is 1. The van der Waals surface area contributed by atoms with E-state index in [0.29, 0.717) is 5.02 Å². The molecule has 2 aromatic carbocycles. The van der Waals surface area contributed by atoms with E-state index in [1.54, 1.807) is 19.1 Å². The second-order valence-electron chi connectivity index (χ2n) is 5.66. The fourth-order valence-corrected chi connectivity index (χ4v) is 2.47. The number of aliphatic hydroxyl groups is 1. The van der Waals surface area contributed by atoms with E-state index in [-0.39, 0.29) is 18.4 Å². The summed E-state index contributed by atoms with van der Waals surface area (Å²) >= 11 is 5.86. The van der Waals surface area contributed by atoms with Gasteiger partial charge in [0.15, 0.2) is 0 Å². The maximum atomic E-state index is 12.2. The van der Waals surface area contributed by atoms with Crippen LogP contribution in [-0.4, -0.2) is 11.0 Å². The Labute approximate surface area is 135 Å². The number of rotatable bonds is 5. The number of amides is 1. The molecule has 0 saturated heterocycles. The molecule has 2 rings (SSSR count). The van der Waals surface area contributed by atoms with Gasteiger partial charge >= 0.3 is 0 Å². The summed E-state index contributed by atoms with van der Waals surface area (Å²) in [5.41, 5.74) is 0.506. The van der Waals surface area contributed by atoms with Gasteiger partial charge in [-0.15, -0.1) is 0 Å². The summed E-state index contributed by atoms with van der Waals surface area (Å²) in [5.74, 6) is -0.198. The van der Waals surface area contributed by atoms with Crippen molar-refractivity contribution < 1.29 is 9.90 Å². The van der Waals surface area contributed by atoms with E-state index in [9.17, 15) is 9.90 Å². The molecule has 0 spiro atoms. The third kappa shape index (κ3) is 4.33. The summed E-state index contributed by atoms with van der Waals surface area (Å²) in [7, 11) is 0. The lowest BCUT2D eigenvalue weighted by molar-refractivity contribution is -0.126. The molecule has 0 fully saturated rings. The van der Waals surface area contributed by atoms with Crippen molar-refractivity contribution in [3.8, 4) is 0 Å². The third-order valence-corrected chi connectivity index (χ3v) is 3.90. The highest BCUT2D eigenvalue weighted by atomic mass is 35.5. The molecule has 0 heterocycles. The summed E-state index contributed by atoms with van der Waals surface area (Å²) in [4.78, 5) is 12.2. The summed E-state index contributed by atoms with van der Waals surface area (Å²) in [5, 5.41) is 14.1. The van der Waals surface area contributed by atoms with E-state index in [0.717, 1.165) is 11.1 Å². The van der Waals surface area contributed by atoms with Crippen LogP contribution in [0, 0.1) is 0 Å². The molecule has 116 valence electrons. The average molecular weight is 318 g/mol. The molecular weight excluding hydrogens is 298 g/mol. The molecule has 0 aliphatic rings. The van der Waals surface area contributed by atoms with Crippen LogP contribution in [0.2, 0.25) is 5.02 Å². The van der Waals surface area contributed by atoms with Crippen LogP contribution in [0.15, 0.2) is 54.6 Å². The van der Waals surface area contributed by atoms with E-state index in [2.05, 4.69) is 5.32 Å². The molecule has 0 radical (unpaired) electrons. The van der Waals surface area contributed by atoms with Crippen LogP contribution < -0.4 is 5.32 Å². The van der Waals surface area contributed by atoms with E-state index >= 15 is 0 Å². The minimum absolute atomic E-state index is 0.00887. The van der Waals surface area contributed by atoms with Gasteiger partial charge < -0.3 is 10.4 Å². The number of hydrogen-bond donors (Lipinski definition) is 2. The molecule has 2 unspecified atom stereocenters. The lowest BCUT2D eigenvalue weighted by Crippen LogP contribution is -2.34. The zero-order valence-corrected chi connectivity index (χ0v) is 13.5. The predicted octanol–water partition coefficient (Wildman–Crippen LogP) is 3.82. The fourth-order valence-electron chi connectivity index (χ4n) is 2.34. The Morgan fingerprint density at radius 3 is 2.36 bits per heavy atom. The smallest absolute Gasteiger partial charge is 0.223 e. The van der Waals surface area contributed by atoms with Gasteiger partial charge in [-0.3, -0.25) is 4.79 Å². The lowest BCUT2D eigenvalue weighted by Gasteiger charge is -2.24. The maximum absolute atomic E-state index is 12.2. The Kier molecular flexibility index (Phi) is 5.22.